The van der Waals surface area contributed by atoms with E-state index in [1.54, 1.807) is 18.2 Å². The number of anilines is 1. The van der Waals surface area contributed by atoms with Gasteiger partial charge in [0, 0.05) is 16.3 Å². The van der Waals surface area contributed by atoms with Gasteiger partial charge in [0.15, 0.2) is 11.5 Å². The van der Waals surface area contributed by atoms with Gasteiger partial charge in [-0.15, -0.1) is 0 Å². The molecule has 0 aliphatic heterocycles. The molecule has 174 valence electrons. The molecule has 1 amide bonds. The van der Waals surface area contributed by atoms with E-state index in [9.17, 15) is 10.1 Å². The molecule has 0 bridgehead atoms. The van der Waals surface area contributed by atoms with Crippen LogP contribution in [-0.2, 0) is 11.4 Å². The molecule has 0 saturated carbocycles. The number of nitrogens with one attached hydrogen (secondary N) is 1. The van der Waals surface area contributed by atoms with Crippen LogP contribution in [0.2, 0.25) is 5.02 Å². The van der Waals surface area contributed by atoms with Gasteiger partial charge in [-0.3, -0.25) is 4.79 Å². The number of benzene rings is 3. The molecule has 0 aliphatic carbocycles. The molecule has 3 rings (SSSR count). The van der Waals surface area contributed by atoms with E-state index in [2.05, 4.69) is 21.2 Å². The predicted octanol–water partition coefficient (Wildman–Crippen LogP) is 7.24. The molecule has 5 nitrogen and oxygen atoms in total. The van der Waals surface area contributed by atoms with E-state index in [1.807, 2.05) is 63.2 Å². The van der Waals surface area contributed by atoms with Crippen LogP contribution >= 0.6 is 27.5 Å². The Balaban J connectivity index is 1.86. The largest absolute Gasteiger partial charge is 0.490 e. The summed E-state index contributed by atoms with van der Waals surface area (Å²) in [5, 5.41) is 13.0. The molecule has 0 unspecified atom stereocenters. The van der Waals surface area contributed by atoms with Crippen molar-refractivity contribution < 1.29 is 14.3 Å². The highest BCUT2D eigenvalue weighted by Gasteiger charge is 2.15. The Kier molecular flexibility index (Phi) is 8.75. The van der Waals surface area contributed by atoms with Gasteiger partial charge in [-0.1, -0.05) is 47.5 Å². The molecule has 3 aromatic rings. The van der Waals surface area contributed by atoms with Crippen LogP contribution < -0.4 is 14.8 Å². The van der Waals surface area contributed by atoms with Crippen molar-refractivity contribution in [2.75, 3.05) is 11.9 Å². The van der Waals surface area contributed by atoms with Gasteiger partial charge in [0.1, 0.15) is 18.2 Å². The van der Waals surface area contributed by atoms with Gasteiger partial charge in [0.2, 0.25) is 0 Å². The van der Waals surface area contributed by atoms with Crippen molar-refractivity contribution in [1.82, 2.24) is 0 Å². The van der Waals surface area contributed by atoms with Crippen molar-refractivity contribution in [2.24, 2.45) is 0 Å². The first-order valence-corrected chi connectivity index (χ1v) is 11.8. The topological polar surface area (TPSA) is 71.3 Å². The molecular weight excluding hydrogens is 516 g/mol. The van der Waals surface area contributed by atoms with Gasteiger partial charge >= 0.3 is 0 Å². The lowest BCUT2D eigenvalue weighted by Crippen LogP contribution is -2.14. The summed E-state index contributed by atoms with van der Waals surface area (Å²) in [6.07, 6.45) is 1.52. The van der Waals surface area contributed by atoms with Crippen molar-refractivity contribution in [1.29, 1.82) is 5.26 Å². The Morgan fingerprint density at radius 1 is 1.15 bits per heavy atom. The number of rotatable bonds is 8. The van der Waals surface area contributed by atoms with E-state index < -0.39 is 5.91 Å². The molecule has 3 aromatic carbocycles. The first kappa shape index (κ1) is 25.4. The second-order valence-electron chi connectivity index (χ2n) is 7.59. The van der Waals surface area contributed by atoms with Crippen molar-refractivity contribution in [3.8, 4) is 17.6 Å². The maximum absolute atomic E-state index is 12.8. The summed E-state index contributed by atoms with van der Waals surface area (Å²) in [5.41, 5.74) is 4.11. The van der Waals surface area contributed by atoms with Gasteiger partial charge in [-0.05, 0) is 78.2 Å². The fourth-order valence-corrected chi connectivity index (χ4v) is 4.06. The first-order valence-electron chi connectivity index (χ1n) is 10.6. The number of carbonyl (C=O) groups excluding carboxylic acids is 1. The summed E-state index contributed by atoms with van der Waals surface area (Å²) in [6.45, 7) is 6.43. The lowest BCUT2D eigenvalue weighted by Gasteiger charge is -2.15. The van der Waals surface area contributed by atoms with Crippen LogP contribution in [-0.4, -0.2) is 12.5 Å². The number of ether oxygens (including phenoxy) is 2. The van der Waals surface area contributed by atoms with Gasteiger partial charge < -0.3 is 14.8 Å². The van der Waals surface area contributed by atoms with E-state index in [-0.39, 0.29) is 12.2 Å². The fraction of sp³-hybridized carbons (Fsp3) is 0.185. The van der Waals surface area contributed by atoms with E-state index >= 15 is 0 Å². The van der Waals surface area contributed by atoms with Crippen molar-refractivity contribution >= 4 is 45.2 Å². The van der Waals surface area contributed by atoms with Crippen LogP contribution in [0.1, 0.15) is 29.2 Å². The van der Waals surface area contributed by atoms with Crippen molar-refractivity contribution in [3.63, 3.8) is 0 Å². The molecular formula is C27H24BrClN2O3. The summed E-state index contributed by atoms with van der Waals surface area (Å²) in [6, 6.07) is 18.6. The molecule has 7 heteroatoms. The van der Waals surface area contributed by atoms with Crippen LogP contribution in [0.15, 0.2) is 64.6 Å². The number of hydrogen-bond donors (Lipinski definition) is 1. The number of amides is 1. The lowest BCUT2D eigenvalue weighted by atomic mass is 10.1. The molecule has 0 aliphatic rings. The molecule has 0 radical (unpaired) electrons. The Hall–Kier alpha value is -3.27. The Morgan fingerprint density at radius 3 is 2.59 bits per heavy atom. The summed E-state index contributed by atoms with van der Waals surface area (Å²) < 4.78 is 12.4. The van der Waals surface area contributed by atoms with E-state index in [1.165, 1.54) is 6.08 Å². The monoisotopic (exact) mass is 538 g/mol. The average Bonchev–Trinajstić information content (AvgIpc) is 2.80. The quantitative estimate of drug-likeness (QED) is 0.242. The minimum Gasteiger partial charge on any atom is -0.490 e. The summed E-state index contributed by atoms with van der Waals surface area (Å²) in [5.74, 6) is 0.516. The summed E-state index contributed by atoms with van der Waals surface area (Å²) in [7, 11) is 0. The Labute approximate surface area is 213 Å². The molecule has 1 N–H and O–H groups in total. The van der Waals surface area contributed by atoms with E-state index in [0.29, 0.717) is 38.9 Å². The summed E-state index contributed by atoms with van der Waals surface area (Å²) >= 11 is 9.76. The molecule has 0 atom stereocenters. The lowest BCUT2D eigenvalue weighted by molar-refractivity contribution is -0.112. The van der Waals surface area contributed by atoms with Gasteiger partial charge in [-0.25, -0.2) is 0 Å². The highest BCUT2D eigenvalue weighted by Crippen LogP contribution is 2.38. The second kappa shape index (κ2) is 11.7. The van der Waals surface area contributed by atoms with E-state index in [4.69, 9.17) is 21.1 Å². The van der Waals surface area contributed by atoms with Crippen molar-refractivity contribution in [2.45, 2.75) is 27.4 Å². The molecule has 34 heavy (non-hydrogen) atoms. The highest BCUT2D eigenvalue weighted by molar-refractivity contribution is 9.10. The number of aryl methyl sites for hydroxylation is 2. The van der Waals surface area contributed by atoms with Crippen LogP contribution in [0.4, 0.5) is 5.69 Å². The zero-order chi connectivity index (χ0) is 24.7. The minimum absolute atomic E-state index is 0.0286. The van der Waals surface area contributed by atoms with Crippen LogP contribution in [0.5, 0.6) is 11.5 Å². The number of halogens is 2. The third-order valence-corrected chi connectivity index (χ3v) is 5.93. The molecule has 0 aromatic heterocycles. The zero-order valence-corrected chi connectivity index (χ0v) is 21.5. The van der Waals surface area contributed by atoms with Gasteiger partial charge in [0.25, 0.3) is 5.91 Å². The standard InChI is InChI=1S/C27H24BrClN2O3/c1-4-33-25-14-19(13-22(28)26(25)34-16-20-7-5-6-8-23(20)29)12-21(15-30)27(32)31-24-10-9-17(2)11-18(24)3/h5-14H,4,16H2,1-3H3,(H,31,32)/b21-12-. The van der Waals surface area contributed by atoms with Crippen LogP contribution in [0.25, 0.3) is 6.08 Å². The van der Waals surface area contributed by atoms with Crippen molar-refractivity contribution in [3.05, 3.63) is 91.9 Å². The van der Waals surface area contributed by atoms with Gasteiger partial charge in [0.05, 0.1) is 11.1 Å². The van der Waals surface area contributed by atoms with E-state index in [0.717, 1.165) is 16.7 Å². The SMILES string of the molecule is CCOc1cc(/C=C(/C#N)C(=O)Nc2ccc(C)cc2C)cc(Br)c1OCc1ccccc1Cl. The second-order valence-corrected chi connectivity index (χ2v) is 8.85. The molecule has 0 saturated heterocycles. The zero-order valence-electron chi connectivity index (χ0n) is 19.1. The molecule has 0 fully saturated rings. The maximum Gasteiger partial charge on any atom is 0.266 e. The normalized spacial score (nSPS) is 11.0. The number of hydrogen-bond acceptors (Lipinski definition) is 4. The first-order chi connectivity index (χ1) is 16.3. The Morgan fingerprint density at radius 2 is 1.91 bits per heavy atom. The smallest absolute Gasteiger partial charge is 0.266 e. The van der Waals surface area contributed by atoms with Gasteiger partial charge in [-0.2, -0.15) is 5.26 Å². The molecule has 0 spiro atoms. The number of nitriles is 1. The minimum atomic E-state index is -0.484. The Bertz CT molecular complexity index is 1280. The van der Waals surface area contributed by atoms with Crippen LogP contribution in [0, 0.1) is 25.2 Å². The maximum atomic E-state index is 12.8. The number of carbonyl (C=O) groups is 1. The summed E-state index contributed by atoms with van der Waals surface area (Å²) in [4.78, 5) is 12.8. The van der Waals surface area contributed by atoms with Crippen LogP contribution in [0.3, 0.4) is 0 Å². The third-order valence-electron chi connectivity index (χ3n) is 4.97. The predicted molar refractivity (Wildman–Crippen MR) is 139 cm³/mol. The fourth-order valence-electron chi connectivity index (χ4n) is 3.30. The average molecular weight is 540 g/mol. The number of nitrogens with zero attached hydrogens (tertiary/aromatic N) is 1. The highest BCUT2D eigenvalue weighted by atomic mass is 79.9. The third kappa shape index (κ3) is 6.40. The molecule has 0 heterocycles.